The van der Waals surface area contributed by atoms with E-state index in [1.807, 2.05) is 6.92 Å². The third-order valence-corrected chi connectivity index (χ3v) is 4.17. The van der Waals surface area contributed by atoms with Crippen LogP contribution < -0.4 is 0 Å². The molecule has 88 valence electrons. The molecule has 4 N–H and O–H groups in total. The lowest BCUT2D eigenvalue weighted by Gasteiger charge is -2.54. The molecule has 6 atom stereocenters. The van der Waals surface area contributed by atoms with Gasteiger partial charge in [0.05, 0.1) is 12.2 Å². The van der Waals surface area contributed by atoms with Gasteiger partial charge in [0.1, 0.15) is 23.9 Å². The van der Waals surface area contributed by atoms with Gasteiger partial charge in [0, 0.05) is 0 Å². The normalized spacial score (nSPS) is 56.0. The highest BCUT2D eigenvalue weighted by Crippen LogP contribution is 2.57. The summed E-state index contributed by atoms with van der Waals surface area (Å²) in [5, 5.41) is 38.3. The summed E-state index contributed by atoms with van der Waals surface area (Å²) in [7, 11) is 0. The third kappa shape index (κ3) is 1.15. The number of aliphatic hydroxyl groups is 4. The largest absolute Gasteiger partial charge is 0.394 e. The molecule has 1 heterocycles. The molecule has 5 heteroatoms. The molecule has 0 bridgehead atoms. The second-order valence-electron chi connectivity index (χ2n) is 4.91. The van der Waals surface area contributed by atoms with Crippen LogP contribution in [0.3, 0.4) is 0 Å². The predicted octanol–water partition coefficient (Wildman–Crippen LogP) is -1.37. The van der Waals surface area contributed by atoms with Gasteiger partial charge in [-0.15, -0.1) is 0 Å². The van der Waals surface area contributed by atoms with Crippen molar-refractivity contribution in [2.24, 2.45) is 5.92 Å². The molecule has 0 amide bonds. The molecule has 15 heavy (non-hydrogen) atoms. The van der Waals surface area contributed by atoms with Gasteiger partial charge in [-0.1, -0.05) is 6.92 Å². The van der Waals surface area contributed by atoms with Crippen LogP contribution in [0.5, 0.6) is 0 Å². The minimum absolute atomic E-state index is 0.132. The molecule has 2 fully saturated rings. The zero-order chi connectivity index (χ0) is 11.4. The van der Waals surface area contributed by atoms with Crippen molar-refractivity contribution in [2.75, 3.05) is 6.61 Å². The summed E-state index contributed by atoms with van der Waals surface area (Å²) in [4.78, 5) is 0. The van der Waals surface area contributed by atoms with E-state index in [1.165, 1.54) is 0 Å². The van der Waals surface area contributed by atoms with E-state index in [9.17, 15) is 15.3 Å². The maximum atomic E-state index is 10.2. The second kappa shape index (κ2) is 3.15. The Labute approximate surface area is 88.3 Å². The highest BCUT2D eigenvalue weighted by molar-refractivity contribution is 5.22. The van der Waals surface area contributed by atoms with Gasteiger partial charge >= 0.3 is 0 Å². The van der Waals surface area contributed by atoms with E-state index < -0.39 is 36.1 Å². The van der Waals surface area contributed by atoms with Crippen molar-refractivity contribution in [1.82, 2.24) is 0 Å². The van der Waals surface area contributed by atoms with E-state index in [0.29, 0.717) is 6.42 Å². The van der Waals surface area contributed by atoms with Gasteiger partial charge in [0.15, 0.2) is 0 Å². The molecule has 1 saturated carbocycles. The van der Waals surface area contributed by atoms with Crippen LogP contribution in [0.2, 0.25) is 0 Å². The first-order chi connectivity index (χ1) is 6.87. The predicted molar refractivity (Wildman–Crippen MR) is 51.1 cm³/mol. The van der Waals surface area contributed by atoms with Gasteiger partial charge in [-0.25, -0.2) is 0 Å². The monoisotopic (exact) mass is 218 g/mol. The second-order valence-corrected chi connectivity index (χ2v) is 4.91. The van der Waals surface area contributed by atoms with Crippen molar-refractivity contribution in [3.05, 3.63) is 0 Å². The van der Waals surface area contributed by atoms with Crippen molar-refractivity contribution in [3.8, 4) is 0 Å². The Bertz CT molecular complexity index is 269. The van der Waals surface area contributed by atoms with Gasteiger partial charge in [0.2, 0.25) is 0 Å². The molecular formula is C10H18O5. The lowest BCUT2D eigenvalue weighted by Crippen LogP contribution is -2.68. The van der Waals surface area contributed by atoms with Gasteiger partial charge in [0.25, 0.3) is 0 Å². The maximum absolute atomic E-state index is 10.2. The summed E-state index contributed by atoms with van der Waals surface area (Å²) >= 11 is 0. The van der Waals surface area contributed by atoms with Crippen molar-refractivity contribution >= 4 is 0 Å². The number of hydrogen-bond donors (Lipinski definition) is 4. The Balaban J connectivity index is 2.23. The lowest BCUT2D eigenvalue weighted by molar-refractivity contribution is -0.238. The van der Waals surface area contributed by atoms with Crippen LogP contribution in [0, 0.1) is 5.92 Å². The molecule has 5 nitrogen and oxygen atoms in total. The lowest BCUT2D eigenvalue weighted by atomic mass is 9.58. The Kier molecular flexibility index (Phi) is 2.37. The number of fused-ring (bicyclic) bond motifs is 1. The van der Waals surface area contributed by atoms with E-state index in [1.54, 1.807) is 6.92 Å². The molecular weight excluding hydrogens is 200 g/mol. The quantitative estimate of drug-likeness (QED) is 0.459. The topological polar surface area (TPSA) is 90.2 Å². The van der Waals surface area contributed by atoms with Crippen molar-refractivity contribution < 1.29 is 25.2 Å². The zero-order valence-electron chi connectivity index (χ0n) is 8.92. The fourth-order valence-corrected chi connectivity index (χ4v) is 2.80. The van der Waals surface area contributed by atoms with Gasteiger partial charge in [-0.2, -0.15) is 0 Å². The molecule has 2 aliphatic rings. The van der Waals surface area contributed by atoms with Crippen LogP contribution in [0.25, 0.3) is 0 Å². The molecule has 6 unspecified atom stereocenters. The highest BCUT2D eigenvalue weighted by atomic mass is 16.6. The minimum Gasteiger partial charge on any atom is -0.394 e. The average molecular weight is 218 g/mol. The number of hydrogen-bond acceptors (Lipinski definition) is 5. The minimum atomic E-state index is -1.28. The smallest absolute Gasteiger partial charge is 0.122 e. The first-order valence-corrected chi connectivity index (χ1v) is 5.24. The summed E-state index contributed by atoms with van der Waals surface area (Å²) in [5.41, 5.74) is -2.10. The average Bonchev–Trinajstić information content (AvgIpc) is 2.37. The third-order valence-electron chi connectivity index (χ3n) is 4.17. The van der Waals surface area contributed by atoms with Crippen LogP contribution in [-0.2, 0) is 4.74 Å². The van der Waals surface area contributed by atoms with Crippen molar-refractivity contribution in [1.29, 1.82) is 0 Å². The first-order valence-electron chi connectivity index (χ1n) is 5.24. The van der Waals surface area contributed by atoms with E-state index in [-0.39, 0.29) is 5.92 Å². The van der Waals surface area contributed by atoms with E-state index in [0.717, 1.165) is 0 Å². The SMILES string of the molecule is CC1CC2(O)C(O)C(C(O)CO)OC12C. The standard InChI is InChI=1S/C10H18O5/c1-5-3-10(14)8(13)7(6(12)4-11)15-9(5,10)2/h5-8,11-14H,3-4H2,1-2H3. The Morgan fingerprint density at radius 2 is 2.13 bits per heavy atom. The molecule has 0 aromatic carbocycles. The van der Waals surface area contributed by atoms with Crippen LogP contribution in [0.15, 0.2) is 0 Å². The molecule has 2 rings (SSSR count). The van der Waals surface area contributed by atoms with E-state index >= 15 is 0 Å². The van der Waals surface area contributed by atoms with Gasteiger partial charge in [-0.3, -0.25) is 0 Å². The molecule has 0 spiro atoms. The Hall–Kier alpha value is -0.200. The van der Waals surface area contributed by atoms with Crippen LogP contribution >= 0.6 is 0 Å². The summed E-state index contributed by atoms with van der Waals surface area (Å²) in [6.07, 6.45) is -2.74. The molecule has 1 aliphatic heterocycles. The highest BCUT2D eigenvalue weighted by Gasteiger charge is 2.72. The first kappa shape index (κ1) is 11.3. The summed E-state index contributed by atoms with van der Waals surface area (Å²) in [5.74, 6) is 0.132. The molecule has 0 aromatic rings. The van der Waals surface area contributed by atoms with Crippen molar-refractivity contribution in [2.45, 2.75) is 49.8 Å². The summed E-state index contributed by atoms with van der Waals surface area (Å²) in [6, 6.07) is 0. The van der Waals surface area contributed by atoms with Crippen LogP contribution in [-0.4, -0.2) is 56.5 Å². The van der Waals surface area contributed by atoms with Gasteiger partial charge < -0.3 is 25.2 Å². The molecule has 1 saturated heterocycles. The molecule has 0 aromatic heterocycles. The Morgan fingerprint density at radius 3 is 2.53 bits per heavy atom. The van der Waals surface area contributed by atoms with Crippen molar-refractivity contribution in [3.63, 3.8) is 0 Å². The number of aliphatic hydroxyl groups excluding tert-OH is 3. The van der Waals surface area contributed by atoms with Gasteiger partial charge in [-0.05, 0) is 19.3 Å². The van der Waals surface area contributed by atoms with Crippen LogP contribution in [0.1, 0.15) is 20.3 Å². The molecule has 1 aliphatic carbocycles. The van der Waals surface area contributed by atoms with E-state index in [2.05, 4.69) is 0 Å². The number of rotatable bonds is 2. The zero-order valence-corrected chi connectivity index (χ0v) is 8.92. The fraction of sp³-hybridized carbons (Fsp3) is 1.00. The molecule has 0 radical (unpaired) electrons. The fourth-order valence-electron chi connectivity index (χ4n) is 2.80. The van der Waals surface area contributed by atoms with Crippen LogP contribution in [0.4, 0.5) is 0 Å². The summed E-state index contributed by atoms with van der Waals surface area (Å²) in [6.45, 7) is 3.17. The summed E-state index contributed by atoms with van der Waals surface area (Å²) < 4.78 is 5.52. The maximum Gasteiger partial charge on any atom is 0.122 e. The number of ether oxygens (including phenoxy) is 1. The van der Waals surface area contributed by atoms with E-state index in [4.69, 9.17) is 9.84 Å². The Morgan fingerprint density at radius 1 is 1.53 bits per heavy atom.